The van der Waals surface area contributed by atoms with E-state index >= 15 is 0 Å². The van der Waals surface area contributed by atoms with Crippen molar-refractivity contribution >= 4 is 28.0 Å². The van der Waals surface area contributed by atoms with Crippen LogP contribution in [-0.2, 0) is 0 Å². The van der Waals surface area contributed by atoms with Gasteiger partial charge in [-0.2, -0.15) is 16.4 Å². The average Bonchev–Trinajstić information content (AvgIpc) is 3.46. The van der Waals surface area contributed by atoms with E-state index in [1.54, 1.807) is 34.7 Å². The fourth-order valence-corrected chi connectivity index (χ4v) is 4.35. The number of amides is 1. The Hall–Kier alpha value is -3.23. The minimum absolute atomic E-state index is 0.168. The third-order valence-corrected chi connectivity index (χ3v) is 6.02. The van der Waals surface area contributed by atoms with Crippen LogP contribution in [0.15, 0.2) is 59.6 Å². The van der Waals surface area contributed by atoms with Gasteiger partial charge in [-0.15, -0.1) is 0 Å². The number of aromatic nitrogens is 3. The highest BCUT2D eigenvalue weighted by Gasteiger charge is 2.32. The molecule has 1 saturated heterocycles. The normalized spacial score (nSPS) is 19.2. The number of thiophene rings is 1. The van der Waals surface area contributed by atoms with Gasteiger partial charge in [0.05, 0.1) is 12.2 Å². The Balaban J connectivity index is 1.24. The zero-order valence-corrected chi connectivity index (χ0v) is 16.9. The summed E-state index contributed by atoms with van der Waals surface area (Å²) in [5.41, 5.74) is 2.14. The van der Waals surface area contributed by atoms with Gasteiger partial charge >= 0.3 is 0 Å². The lowest BCUT2D eigenvalue weighted by molar-refractivity contribution is -0.0200. The van der Waals surface area contributed by atoms with E-state index in [0.29, 0.717) is 24.4 Å². The number of carbonyl (C=O) groups is 1. The summed E-state index contributed by atoms with van der Waals surface area (Å²) in [6, 6.07) is 11.4. The predicted octanol–water partition coefficient (Wildman–Crippen LogP) is 3.34. The van der Waals surface area contributed by atoms with Crippen molar-refractivity contribution in [3.8, 4) is 17.0 Å². The first kappa shape index (κ1) is 18.8. The van der Waals surface area contributed by atoms with Crippen molar-refractivity contribution < 1.29 is 14.6 Å². The Labute approximate surface area is 176 Å². The van der Waals surface area contributed by atoms with Gasteiger partial charge in [0.1, 0.15) is 23.7 Å². The number of nitrogens with one attached hydrogen (secondary N) is 1. The molecular formula is C22H20N4O3S. The molecule has 8 heteroatoms. The third-order valence-electron chi connectivity index (χ3n) is 5.33. The molecule has 7 nitrogen and oxygen atoms in total. The number of hydrogen-bond donors (Lipinski definition) is 2. The molecule has 5 rings (SSSR count). The summed E-state index contributed by atoms with van der Waals surface area (Å²) in [6.07, 6.45) is 2.94. The minimum Gasteiger partial charge on any atom is -0.488 e. The van der Waals surface area contributed by atoms with E-state index in [1.807, 2.05) is 41.1 Å². The molecule has 2 N–H and O–H groups in total. The number of aromatic amines is 1. The molecule has 0 radical (unpaired) electrons. The van der Waals surface area contributed by atoms with E-state index in [1.165, 1.54) is 0 Å². The highest BCUT2D eigenvalue weighted by Crippen LogP contribution is 2.25. The maximum absolute atomic E-state index is 12.8. The highest BCUT2D eigenvalue weighted by atomic mass is 32.1. The Morgan fingerprint density at radius 2 is 2.17 bits per heavy atom. The van der Waals surface area contributed by atoms with Crippen LogP contribution < -0.4 is 4.74 Å². The molecule has 1 aromatic carbocycles. The van der Waals surface area contributed by atoms with Crippen LogP contribution in [0.3, 0.4) is 0 Å². The summed E-state index contributed by atoms with van der Waals surface area (Å²) in [4.78, 5) is 18.6. The molecule has 4 heterocycles. The van der Waals surface area contributed by atoms with Crippen molar-refractivity contribution in [2.45, 2.75) is 18.6 Å². The van der Waals surface area contributed by atoms with Gasteiger partial charge in [0.15, 0.2) is 0 Å². The fourth-order valence-electron chi connectivity index (χ4n) is 3.70. The summed E-state index contributed by atoms with van der Waals surface area (Å²) in [5.74, 6) is 0.520. The second-order valence-corrected chi connectivity index (χ2v) is 8.11. The molecule has 0 spiro atoms. The van der Waals surface area contributed by atoms with E-state index < -0.39 is 6.10 Å². The standard InChI is InChI=1S/C22H20N4O3S/c27-20-12-26(22(28)19-10-18(24-25-19)15-5-8-30-13-15)7-4-21(20)29-17-2-1-14-3-6-23-11-16(14)9-17/h1-3,5-6,8-11,13,20-21,27H,4,7,12H2,(H,24,25)/t20-,21-/m1/s1. The number of fused-ring (bicyclic) bond motifs is 1. The number of ether oxygens (including phenoxy) is 1. The maximum Gasteiger partial charge on any atom is 0.271 e. The van der Waals surface area contributed by atoms with Crippen LogP contribution in [0, 0.1) is 0 Å². The topological polar surface area (TPSA) is 91.3 Å². The van der Waals surface area contributed by atoms with Gasteiger partial charge < -0.3 is 14.7 Å². The van der Waals surface area contributed by atoms with Gasteiger partial charge in [-0.25, -0.2) is 0 Å². The van der Waals surface area contributed by atoms with Gasteiger partial charge in [-0.1, -0.05) is 6.07 Å². The number of carbonyl (C=O) groups excluding carboxylic acids is 1. The van der Waals surface area contributed by atoms with E-state index in [-0.39, 0.29) is 18.6 Å². The maximum atomic E-state index is 12.8. The molecule has 30 heavy (non-hydrogen) atoms. The lowest BCUT2D eigenvalue weighted by atomic mass is 10.0. The van der Waals surface area contributed by atoms with Crippen LogP contribution in [0.4, 0.5) is 0 Å². The van der Waals surface area contributed by atoms with Crippen molar-refractivity contribution in [2.75, 3.05) is 13.1 Å². The molecule has 2 atom stereocenters. The number of hydrogen-bond acceptors (Lipinski definition) is 6. The first-order chi connectivity index (χ1) is 14.7. The van der Waals surface area contributed by atoms with Crippen LogP contribution in [0.1, 0.15) is 16.9 Å². The predicted molar refractivity (Wildman–Crippen MR) is 115 cm³/mol. The lowest BCUT2D eigenvalue weighted by Gasteiger charge is -2.35. The molecule has 1 aliphatic heterocycles. The largest absolute Gasteiger partial charge is 0.488 e. The Bertz CT molecular complexity index is 1170. The number of benzene rings is 1. The molecule has 1 fully saturated rings. The lowest BCUT2D eigenvalue weighted by Crippen LogP contribution is -2.51. The second-order valence-electron chi connectivity index (χ2n) is 7.33. The van der Waals surface area contributed by atoms with Crippen molar-refractivity contribution in [2.24, 2.45) is 0 Å². The molecule has 0 bridgehead atoms. The van der Waals surface area contributed by atoms with Gasteiger partial charge in [0.2, 0.25) is 0 Å². The minimum atomic E-state index is -0.772. The number of likely N-dealkylation sites (tertiary alicyclic amines) is 1. The van der Waals surface area contributed by atoms with Crippen molar-refractivity contribution in [3.63, 3.8) is 0 Å². The summed E-state index contributed by atoms with van der Waals surface area (Å²) in [7, 11) is 0. The second kappa shape index (κ2) is 7.89. The quantitative estimate of drug-likeness (QED) is 0.528. The first-order valence-electron chi connectivity index (χ1n) is 9.73. The van der Waals surface area contributed by atoms with Crippen molar-refractivity contribution in [3.05, 3.63) is 65.2 Å². The molecule has 3 aromatic heterocycles. The van der Waals surface area contributed by atoms with Gasteiger partial charge in [-0.05, 0) is 41.1 Å². The molecule has 152 valence electrons. The summed E-state index contributed by atoms with van der Waals surface area (Å²) < 4.78 is 6.03. The van der Waals surface area contributed by atoms with E-state index in [0.717, 1.165) is 22.0 Å². The molecule has 0 saturated carbocycles. The Morgan fingerprint density at radius 3 is 3.00 bits per heavy atom. The van der Waals surface area contributed by atoms with E-state index in [4.69, 9.17) is 4.74 Å². The van der Waals surface area contributed by atoms with Crippen molar-refractivity contribution in [1.29, 1.82) is 0 Å². The average molecular weight is 420 g/mol. The fraction of sp³-hybridized carbons (Fsp3) is 0.227. The van der Waals surface area contributed by atoms with Crippen LogP contribution in [-0.4, -0.2) is 56.4 Å². The molecule has 1 amide bonds. The molecular weight excluding hydrogens is 400 g/mol. The number of nitrogens with zero attached hydrogens (tertiary/aromatic N) is 3. The zero-order chi connectivity index (χ0) is 20.5. The number of rotatable bonds is 4. The van der Waals surface area contributed by atoms with Crippen LogP contribution in [0.2, 0.25) is 0 Å². The number of piperidine rings is 1. The molecule has 0 unspecified atom stereocenters. The SMILES string of the molecule is O=C(c1cc(-c2ccsc2)n[nH]1)N1CC[C@@H](Oc2ccc3ccncc3c2)[C@H](O)C1. The van der Waals surface area contributed by atoms with E-state index in [2.05, 4.69) is 15.2 Å². The molecule has 4 aromatic rings. The smallest absolute Gasteiger partial charge is 0.271 e. The first-order valence-corrected chi connectivity index (χ1v) is 10.7. The van der Waals surface area contributed by atoms with E-state index in [9.17, 15) is 9.90 Å². The molecule has 1 aliphatic rings. The van der Waals surface area contributed by atoms with Crippen LogP contribution in [0.5, 0.6) is 5.75 Å². The Morgan fingerprint density at radius 1 is 1.23 bits per heavy atom. The third kappa shape index (κ3) is 3.67. The zero-order valence-electron chi connectivity index (χ0n) is 16.1. The number of H-pyrrole nitrogens is 1. The van der Waals surface area contributed by atoms with Crippen LogP contribution >= 0.6 is 11.3 Å². The Kier molecular flexibility index (Phi) is 4.94. The van der Waals surface area contributed by atoms with Gasteiger partial charge in [0.25, 0.3) is 5.91 Å². The summed E-state index contributed by atoms with van der Waals surface area (Å²) in [6.45, 7) is 0.716. The number of aliphatic hydroxyl groups excluding tert-OH is 1. The summed E-state index contributed by atoms with van der Waals surface area (Å²) in [5, 5.41) is 23.7. The van der Waals surface area contributed by atoms with Gasteiger partial charge in [0, 0.05) is 41.7 Å². The highest BCUT2D eigenvalue weighted by molar-refractivity contribution is 7.08. The number of pyridine rings is 1. The van der Waals surface area contributed by atoms with Crippen molar-refractivity contribution in [1.82, 2.24) is 20.1 Å². The molecule has 0 aliphatic carbocycles. The van der Waals surface area contributed by atoms with Crippen LogP contribution in [0.25, 0.3) is 22.0 Å². The number of aliphatic hydroxyl groups is 1. The number of β-amino-alcohol motifs (C(OH)–C–C–N with tert-alkyl or cyclic N) is 1. The summed E-state index contributed by atoms with van der Waals surface area (Å²) >= 11 is 1.58. The van der Waals surface area contributed by atoms with Gasteiger partial charge in [-0.3, -0.25) is 14.9 Å². The monoisotopic (exact) mass is 420 g/mol.